The maximum absolute atomic E-state index is 13.1. The zero-order chi connectivity index (χ0) is 20.6. The number of alkyl halides is 3. The number of fused-ring (bicyclic) bond motifs is 1. The van der Waals surface area contributed by atoms with Crippen LogP contribution >= 0.6 is 0 Å². The van der Waals surface area contributed by atoms with E-state index in [4.69, 9.17) is 4.42 Å². The number of furan rings is 1. The number of halogens is 3. The summed E-state index contributed by atoms with van der Waals surface area (Å²) in [6, 6.07) is 6.67. The second kappa shape index (κ2) is 7.37. The molecule has 8 nitrogen and oxygen atoms in total. The van der Waals surface area contributed by atoms with Crippen molar-refractivity contribution in [3.63, 3.8) is 0 Å². The molecule has 4 heterocycles. The predicted octanol–water partition coefficient (Wildman–Crippen LogP) is 2.61. The average Bonchev–Trinajstić information content (AvgIpc) is 3.36. The van der Waals surface area contributed by atoms with Gasteiger partial charge in [0.1, 0.15) is 11.6 Å². The summed E-state index contributed by atoms with van der Waals surface area (Å²) in [6.45, 7) is 1.44. The molecular weight excluding hydrogens is 389 g/mol. The van der Waals surface area contributed by atoms with Crippen molar-refractivity contribution < 1.29 is 22.4 Å². The molecule has 3 aromatic rings. The zero-order valence-corrected chi connectivity index (χ0v) is 15.6. The summed E-state index contributed by atoms with van der Waals surface area (Å²) in [6.07, 6.45) is -1.89. The van der Waals surface area contributed by atoms with Crippen molar-refractivity contribution in [2.24, 2.45) is 5.92 Å². The van der Waals surface area contributed by atoms with Gasteiger partial charge >= 0.3 is 6.18 Å². The molecule has 0 saturated carbocycles. The lowest BCUT2D eigenvalue weighted by molar-refractivity contribution is -0.146. The highest BCUT2D eigenvalue weighted by Gasteiger charge is 2.38. The van der Waals surface area contributed by atoms with Crippen molar-refractivity contribution in [2.75, 3.05) is 25.0 Å². The summed E-state index contributed by atoms with van der Waals surface area (Å²) >= 11 is 0. The minimum absolute atomic E-state index is 0.0302. The molecule has 1 aliphatic rings. The molecule has 11 heteroatoms. The van der Waals surface area contributed by atoms with Crippen LogP contribution in [0.3, 0.4) is 0 Å². The number of hydrogen-bond donors (Lipinski definition) is 0. The molecule has 154 valence electrons. The number of aromatic nitrogens is 4. The van der Waals surface area contributed by atoms with Gasteiger partial charge in [-0.1, -0.05) is 0 Å². The Hall–Kier alpha value is -3.11. The SMILES string of the molecule is CN(Cc1ccco1)C(=O)C1CCN(c2ccc3nnc(C(F)(F)F)n3n2)CC1. The van der Waals surface area contributed by atoms with E-state index in [1.54, 1.807) is 30.3 Å². The largest absolute Gasteiger partial charge is 0.467 e. The second-order valence-electron chi connectivity index (χ2n) is 7.02. The highest BCUT2D eigenvalue weighted by molar-refractivity contribution is 5.78. The first kappa shape index (κ1) is 19.2. The number of hydrogen-bond acceptors (Lipinski definition) is 6. The van der Waals surface area contributed by atoms with E-state index in [-0.39, 0.29) is 17.5 Å². The molecule has 0 aromatic carbocycles. The molecule has 4 rings (SSSR count). The Labute approximate surface area is 163 Å². The van der Waals surface area contributed by atoms with Gasteiger partial charge in [0.25, 0.3) is 5.82 Å². The van der Waals surface area contributed by atoms with Gasteiger partial charge in [-0.2, -0.15) is 17.7 Å². The normalized spacial score (nSPS) is 15.8. The second-order valence-corrected chi connectivity index (χ2v) is 7.02. The van der Waals surface area contributed by atoms with Gasteiger partial charge in [0.2, 0.25) is 5.91 Å². The smallest absolute Gasteiger partial charge is 0.453 e. The Morgan fingerprint density at radius 1 is 1.24 bits per heavy atom. The van der Waals surface area contributed by atoms with Crippen LogP contribution < -0.4 is 4.90 Å². The Morgan fingerprint density at radius 3 is 2.66 bits per heavy atom. The van der Waals surface area contributed by atoms with Gasteiger partial charge in [-0.25, -0.2) is 0 Å². The van der Waals surface area contributed by atoms with Crippen molar-refractivity contribution in [1.82, 2.24) is 24.7 Å². The van der Waals surface area contributed by atoms with Crippen LogP contribution in [0.25, 0.3) is 5.65 Å². The Kier molecular flexibility index (Phi) is 4.89. The van der Waals surface area contributed by atoms with E-state index < -0.39 is 12.0 Å². The van der Waals surface area contributed by atoms with Crippen LogP contribution in [-0.4, -0.2) is 50.8 Å². The molecular formula is C18H19F3N6O2. The Bertz CT molecular complexity index is 993. The molecule has 29 heavy (non-hydrogen) atoms. The molecule has 0 unspecified atom stereocenters. The summed E-state index contributed by atoms with van der Waals surface area (Å²) in [4.78, 5) is 16.2. The van der Waals surface area contributed by atoms with Crippen LogP contribution in [0.15, 0.2) is 34.9 Å². The van der Waals surface area contributed by atoms with Crippen LogP contribution in [0.2, 0.25) is 0 Å². The molecule has 0 radical (unpaired) electrons. The highest BCUT2D eigenvalue weighted by Crippen LogP contribution is 2.29. The van der Waals surface area contributed by atoms with Crippen LogP contribution in [0.4, 0.5) is 19.0 Å². The predicted molar refractivity (Wildman–Crippen MR) is 95.9 cm³/mol. The van der Waals surface area contributed by atoms with Crippen molar-refractivity contribution in [2.45, 2.75) is 25.6 Å². The minimum atomic E-state index is -4.64. The van der Waals surface area contributed by atoms with Gasteiger partial charge in [0.05, 0.1) is 12.8 Å². The van der Waals surface area contributed by atoms with E-state index in [2.05, 4.69) is 15.3 Å². The van der Waals surface area contributed by atoms with Crippen LogP contribution in [0.1, 0.15) is 24.4 Å². The van der Waals surface area contributed by atoms with Crippen molar-refractivity contribution in [3.8, 4) is 0 Å². The summed E-state index contributed by atoms with van der Waals surface area (Å²) in [5, 5.41) is 10.8. The van der Waals surface area contributed by atoms with E-state index in [1.807, 2.05) is 11.0 Å². The van der Waals surface area contributed by atoms with Gasteiger partial charge < -0.3 is 14.2 Å². The van der Waals surface area contributed by atoms with Crippen LogP contribution in [0, 0.1) is 5.92 Å². The first-order valence-electron chi connectivity index (χ1n) is 9.15. The van der Waals surface area contributed by atoms with E-state index in [9.17, 15) is 18.0 Å². The van der Waals surface area contributed by atoms with Gasteiger partial charge in [-0.05, 0) is 37.1 Å². The molecule has 0 spiro atoms. The average molecular weight is 408 g/mol. The molecule has 0 bridgehead atoms. The van der Waals surface area contributed by atoms with Gasteiger partial charge in [-0.15, -0.1) is 15.3 Å². The molecule has 0 atom stereocenters. The number of amides is 1. The third kappa shape index (κ3) is 3.89. The lowest BCUT2D eigenvalue weighted by Crippen LogP contribution is -2.41. The van der Waals surface area contributed by atoms with Gasteiger partial charge in [0.15, 0.2) is 5.65 Å². The monoisotopic (exact) mass is 408 g/mol. The van der Waals surface area contributed by atoms with E-state index in [0.717, 1.165) is 0 Å². The summed E-state index contributed by atoms with van der Waals surface area (Å²) in [5.74, 6) is -0.153. The lowest BCUT2D eigenvalue weighted by Gasteiger charge is -2.33. The fraction of sp³-hybridized carbons (Fsp3) is 0.444. The lowest BCUT2D eigenvalue weighted by atomic mass is 9.95. The molecule has 1 fully saturated rings. The molecule has 1 aliphatic heterocycles. The Morgan fingerprint density at radius 2 is 2.00 bits per heavy atom. The first-order chi connectivity index (χ1) is 13.8. The number of anilines is 1. The number of nitrogens with zero attached hydrogens (tertiary/aromatic N) is 6. The van der Waals surface area contributed by atoms with Crippen molar-refractivity contribution in [1.29, 1.82) is 0 Å². The Balaban J connectivity index is 1.42. The first-order valence-corrected chi connectivity index (χ1v) is 9.15. The third-order valence-corrected chi connectivity index (χ3v) is 5.02. The quantitative estimate of drug-likeness (QED) is 0.660. The summed E-state index contributed by atoms with van der Waals surface area (Å²) < 4.78 is 45.1. The molecule has 3 aromatic heterocycles. The fourth-order valence-electron chi connectivity index (χ4n) is 3.51. The zero-order valence-electron chi connectivity index (χ0n) is 15.6. The maximum Gasteiger partial charge on any atom is 0.453 e. The highest BCUT2D eigenvalue weighted by atomic mass is 19.4. The fourth-order valence-corrected chi connectivity index (χ4v) is 3.51. The number of piperidine rings is 1. The maximum atomic E-state index is 13.1. The molecule has 1 saturated heterocycles. The van der Waals surface area contributed by atoms with Crippen molar-refractivity contribution in [3.05, 3.63) is 42.1 Å². The third-order valence-electron chi connectivity index (χ3n) is 5.02. The standard InChI is InChI=1S/C18H19F3N6O2/c1-25(11-13-3-2-10-29-13)16(28)12-6-8-26(9-7-12)15-5-4-14-22-23-17(18(19,20)21)27(14)24-15/h2-5,10,12H,6-9,11H2,1H3. The van der Waals surface area contributed by atoms with Crippen LogP contribution in [-0.2, 0) is 17.5 Å². The minimum Gasteiger partial charge on any atom is -0.467 e. The van der Waals surface area contributed by atoms with Crippen LogP contribution in [0.5, 0.6) is 0 Å². The number of carbonyl (C=O) groups excluding carboxylic acids is 1. The summed E-state index contributed by atoms with van der Waals surface area (Å²) in [7, 11) is 1.73. The topological polar surface area (TPSA) is 79.8 Å². The summed E-state index contributed by atoms with van der Waals surface area (Å²) in [5.41, 5.74) is 0.0330. The van der Waals surface area contributed by atoms with E-state index >= 15 is 0 Å². The van der Waals surface area contributed by atoms with E-state index in [0.29, 0.717) is 48.6 Å². The number of rotatable bonds is 4. The molecule has 0 aliphatic carbocycles. The van der Waals surface area contributed by atoms with Crippen molar-refractivity contribution >= 4 is 17.4 Å². The van der Waals surface area contributed by atoms with Gasteiger partial charge in [-0.3, -0.25) is 4.79 Å². The van der Waals surface area contributed by atoms with E-state index in [1.165, 1.54) is 6.07 Å². The number of carbonyl (C=O) groups is 1. The molecule has 1 amide bonds. The van der Waals surface area contributed by atoms with Gasteiger partial charge in [0, 0.05) is 26.1 Å². The molecule has 0 N–H and O–H groups in total.